The number of likely N-dealkylation sites (N-methyl/N-ethyl adjacent to an activating group) is 1. The quantitative estimate of drug-likeness (QED) is 0.559. The third-order valence-electron chi connectivity index (χ3n) is 3.38. The lowest BCUT2D eigenvalue weighted by Gasteiger charge is -2.37. The first-order chi connectivity index (χ1) is 8.69. The first-order valence-corrected chi connectivity index (χ1v) is 6.59. The molecule has 18 heavy (non-hydrogen) atoms. The van der Waals surface area contributed by atoms with E-state index in [-0.39, 0.29) is 5.97 Å². The molecular formula is C13H23N3O2. The largest absolute Gasteiger partial charge is 0.469 e. The summed E-state index contributed by atoms with van der Waals surface area (Å²) in [5.74, 6) is 0.322. The summed E-state index contributed by atoms with van der Waals surface area (Å²) in [6.07, 6.45) is 2.39. The molecule has 0 amide bonds. The molecule has 0 spiro atoms. The van der Waals surface area contributed by atoms with Gasteiger partial charge in [0.1, 0.15) is 0 Å². The fraction of sp³-hybridized carbons (Fsp3) is 0.846. The lowest BCUT2D eigenvalue weighted by molar-refractivity contribution is -0.141. The second-order valence-corrected chi connectivity index (χ2v) is 4.82. The van der Waals surface area contributed by atoms with Crippen molar-refractivity contribution in [2.75, 3.05) is 33.3 Å². The summed E-state index contributed by atoms with van der Waals surface area (Å²) in [7, 11) is 1.42. The van der Waals surface area contributed by atoms with Crippen LogP contribution in [0.5, 0.6) is 0 Å². The lowest BCUT2D eigenvalue weighted by atomic mass is 9.90. The highest BCUT2D eigenvalue weighted by molar-refractivity contribution is 5.69. The van der Waals surface area contributed by atoms with E-state index in [2.05, 4.69) is 27.9 Å². The van der Waals surface area contributed by atoms with E-state index in [0.29, 0.717) is 24.9 Å². The van der Waals surface area contributed by atoms with Gasteiger partial charge in [0.25, 0.3) is 0 Å². The van der Waals surface area contributed by atoms with Gasteiger partial charge in [0.15, 0.2) is 0 Å². The average molecular weight is 253 g/mol. The molecule has 1 rings (SSSR count). The number of hydrogen-bond donors (Lipinski definition) is 1. The van der Waals surface area contributed by atoms with E-state index in [1.807, 2.05) is 0 Å². The summed E-state index contributed by atoms with van der Waals surface area (Å²) < 4.78 is 4.67. The minimum absolute atomic E-state index is 0.146. The van der Waals surface area contributed by atoms with Gasteiger partial charge in [0.2, 0.25) is 0 Å². The third kappa shape index (κ3) is 5.03. The summed E-state index contributed by atoms with van der Waals surface area (Å²) in [6.45, 7) is 5.33. The second kappa shape index (κ2) is 8.06. The van der Waals surface area contributed by atoms with Crippen molar-refractivity contribution in [2.24, 2.45) is 5.92 Å². The number of esters is 1. The fourth-order valence-electron chi connectivity index (χ4n) is 2.60. The smallest absolute Gasteiger partial charge is 0.305 e. The maximum absolute atomic E-state index is 11.2. The van der Waals surface area contributed by atoms with Crippen molar-refractivity contribution in [3.8, 4) is 6.07 Å². The molecule has 102 valence electrons. The number of nitrogens with one attached hydrogen (secondary N) is 1. The molecule has 1 aliphatic heterocycles. The van der Waals surface area contributed by atoms with E-state index in [9.17, 15) is 4.79 Å². The normalized spacial score (nSPS) is 24.5. The molecule has 1 aliphatic rings. The maximum Gasteiger partial charge on any atom is 0.305 e. The number of hydrogen-bond acceptors (Lipinski definition) is 5. The molecule has 0 aromatic carbocycles. The molecule has 0 aromatic rings. The molecule has 1 fully saturated rings. The van der Waals surface area contributed by atoms with Gasteiger partial charge in [-0.1, -0.05) is 6.92 Å². The lowest BCUT2D eigenvalue weighted by Crippen LogP contribution is -2.49. The van der Waals surface area contributed by atoms with Gasteiger partial charge >= 0.3 is 5.97 Å². The molecular weight excluding hydrogens is 230 g/mol. The number of piperidine rings is 1. The van der Waals surface area contributed by atoms with Crippen LogP contribution in [0.3, 0.4) is 0 Å². The maximum atomic E-state index is 11.2. The van der Waals surface area contributed by atoms with Crippen LogP contribution in [0.15, 0.2) is 0 Å². The number of ether oxygens (including phenoxy) is 1. The molecule has 1 saturated heterocycles. The number of carbonyl (C=O) groups is 1. The predicted molar refractivity (Wildman–Crippen MR) is 68.9 cm³/mol. The SMILES string of the molecule is CCNC1CC(CCC(=O)OC)CN(CC#N)C1. The van der Waals surface area contributed by atoms with Crippen molar-refractivity contribution in [1.29, 1.82) is 5.26 Å². The van der Waals surface area contributed by atoms with Gasteiger partial charge in [-0.2, -0.15) is 5.26 Å². The molecule has 2 unspecified atom stereocenters. The molecule has 5 nitrogen and oxygen atoms in total. The monoisotopic (exact) mass is 253 g/mol. The van der Waals surface area contributed by atoms with E-state index in [1.54, 1.807) is 0 Å². The Morgan fingerprint density at radius 2 is 2.33 bits per heavy atom. The summed E-state index contributed by atoms with van der Waals surface area (Å²) >= 11 is 0. The number of carbonyl (C=O) groups excluding carboxylic acids is 1. The number of nitrogens with zero attached hydrogens (tertiary/aromatic N) is 2. The van der Waals surface area contributed by atoms with Crippen molar-refractivity contribution in [3.05, 3.63) is 0 Å². The highest BCUT2D eigenvalue weighted by Gasteiger charge is 2.26. The van der Waals surface area contributed by atoms with Crippen LogP contribution in [0.4, 0.5) is 0 Å². The van der Waals surface area contributed by atoms with Gasteiger partial charge in [-0.05, 0) is 25.3 Å². The molecule has 5 heteroatoms. The zero-order chi connectivity index (χ0) is 13.4. The van der Waals surface area contributed by atoms with Crippen molar-refractivity contribution in [3.63, 3.8) is 0 Å². The van der Waals surface area contributed by atoms with Gasteiger partial charge in [-0.15, -0.1) is 0 Å². The summed E-state index contributed by atoms with van der Waals surface area (Å²) in [4.78, 5) is 13.3. The second-order valence-electron chi connectivity index (χ2n) is 4.82. The Morgan fingerprint density at radius 3 is 2.94 bits per heavy atom. The Kier molecular flexibility index (Phi) is 6.69. The summed E-state index contributed by atoms with van der Waals surface area (Å²) in [5, 5.41) is 12.2. The first kappa shape index (κ1) is 14.9. The molecule has 0 saturated carbocycles. The third-order valence-corrected chi connectivity index (χ3v) is 3.38. The van der Waals surface area contributed by atoms with E-state index < -0.39 is 0 Å². The van der Waals surface area contributed by atoms with Crippen LogP contribution in [-0.2, 0) is 9.53 Å². The molecule has 1 N–H and O–H groups in total. The van der Waals surface area contributed by atoms with Crippen LogP contribution in [0.25, 0.3) is 0 Å². The zero-order valence-electron chi connectivity index (χ0n) is 11.3. The van der Waals surface area contributed by atoms with Crippen LogP contribution in [0, 0.1) is 17.2 Å². The molecule has 2 atom stereocenters. The minimum Gasteiger partial charge on any atom is -0.469 e. The van der Waals surface area contributed by atoms with Crippen molar-refractivity contribution < 1.29 is 9.53 Å². The molecule has 0 bridgehead atoms. The first-order valence-electron chi connectivity index (χ1n) is 6.59. The number of nitriles is 1. The summed E-state index contributed by atoms with van der Waals surface area (Å²) in [5.41, 5.74) is 0. The van der Waals surface area contributed by atoms with E-state index in [1.165, 1.54) is 7.11 Å². The Labute approximate surface area is 109 Å². The van der Waals surface area contributed by atoms with Gasteiger partial charge in [-0.25, -0.2) is 0 Å². The van der Waals surface area contributed by atoms with Crippen LogP contribution < -0.4 is 5.32 Å². The Hall–Kier alpha value is -1.12. The van der Waals surface area contributed by atoms with Gasteiger partial charge < -0.3 is 10.1 Å². The standard InChI is InChI=1S/C13H23N3O2/c1-3-15-12-8-11(4-5-13(17)18-2)9-16(10-12)7-6-14/h11-12,15H,3-5,7-10H2,1-2H3. The fourth-order valence-corrected chi connectivity index (χ4v) is 2.60. The van der Waals surface area contributed by atoms with E-state index >= 15 is 0 Å². The number of methoxy groups -OCH3 is 1. The molecule has 0 aromatic heterocycles. The van der Waals surface area contributed by atoms with Crippen LogP contribution in [0.2, 0.25) is 0 Å². The van der Waals surface area contributed by atoms with Gasteiger partial charge in [0.05, 0.1) is 19.7 Å². The van der Waals surface area contributed by atoms with Crippen molar-refractivity contribution >= 4 is 5.97 Å². The molecule has 1 heterocycles. The number of likely N-dealkylation sites (tertiary alicyclic amines) is 1. The van der Waals surface area contributed by atoms with Crippen LogP contribution >= 0.6 is 0 Å². The van der Waals surface area contributed by atoms with Crippen LogP contribution in [-0.4, -0.2) is 50.2 Å². The zero-order valence-corrected chi connectivity index (χ0v) is 11.3. The molecule has 0 aliphatic carbocycles. The van der Waals surface area contributed by atoms with Gasteiger partial charge in [0, 0.05) is 25.6 Å². The van der Waals surface area contributed by atoms with Gasteiger partial charge in [-0.3, -0.25) is 9.69 Å². The Bertz CT molecular complexity index is 301. The highest BCUT2D eigenvalue weighted by Crippen LogP contribution is 2.21. The van der Waals surface area contributed by atoms with Crippen molar-refractivity contribution in [2.45, 2.75) is 32.2 Å². The van der Waals surface area contributed by atoms with E-state index in [0.717, 1.165) is 32.5 Å². The minimum atomic E-state index is -0.146. The Balaban J connectivity index is 2.45. The van der Waals surface area contributed by atoms with Crippen LogP contribution in [0.1, 0.15) is 26.2 Å². The summed E-state index contributed by atoms with van der Waals surface area (Å²) in [6, 6.07) is 2.63. The topological polar surface area (TPSA) is 65.4 Å². The molecule has 0 radical (unpaired) electrons. The average Bonchev–Trinajstić information content (AvgIpc) is 2.36. The van der Waals surface area contributed by atoms with E-state index in [4.69, 9.17) is 5.26 Å². The Morgan fingerprint density at radius 1 is 1.56 bits per heavy atom. The number of rotatable bonds is 6. The van der Waals surface area contributed by atoms with Crippen molar-refractivity contribution in [1.82, 2.24) is 10.2 Å². The highest BCUT2D eigenvalue weighted by atomic mass is 16.5. The predicted octanol–water partition coefficient (Wildman–Crippen LogP) is 0.763.